The molecule has 42 heavy (non-hydrogen) atoms. The topological polar surface area (TPSA) is 108 Å². The molecular formula is C30H36FN7O3Si. The molecule has 10 nitrogen and oxygen atoms in total. The summed E-state index contributed by atoms with van der Waals surface area (Å²) in [6.45, 7) is 11.7. The lowest BCUT2D eigenvalue weighted by atomic mass is 10.2. The molecule has 0 radical (unpaired) electrons. The minimum absolute atomic E-state index is 0.0241. The first-order valence-electron chi connectivity index (χ1n) is 13.9. The molecule has 0 aliphatic heterocycles. The van der Waals surface area contributed by atoms with E-state index in [0.717, 1.165) is 22.6 Å². The van der Waals surface area contributed by atoms with Gasteiger partial charge in [0.05, 0.1) is 11.7 Å². The summed E-state index contributed by atoms with van der Waals surface area (Å²) in [5.41, 5.74) is 2.54. The number of anilines is 2. The molecule has 220 valence electrons. The van der Waals surface area contributed by atoms with Gasteiger partial charge in [0.25, 0.3) is 5.91 Å². The van der Waals surface area contributed by atoms with Crippen LogP contribution in [0.1, 0.15) is 13.8 Å². The minimum Gasteiger partial charge on any atom is -0.484 e. The van der Waals surface area contributed by atoms with Crippen LogP contribution in [0.4, 0.5) is 15.9 Å². The summed E-state index contributed by atoms with van der Waals surface area (Å²) in [7, 11) is -1.16. The van der Waals surface area contributed by atoms with Gasteiger partial charge in [-0.15, -0.1) is 5.10 Å². The van der Waals surface area contributed by atoms with E-state index >= 15 is 0 Å². The normalized spacial score (nSPS) is 11.9. The molecule has 12 heteroatoms. The van der Waals surface area contributed by atoms with Crippen molar-refractivity contribution in [1.29, 1.82) is 0 Å². The summed E-state index contributed by atoms with van der Waals surface area (Å²) in [5.74, 6) is 0.518. The third-order valence-corrected chi connectivity index (χ3v) is 8.19. The molecule has 0 aliphatic carbocycles. The predicted molar refractivity (Wildman–Crippen MR) is 164 cm³/mol. The number of amides is 1. The van der Waals surface area contributed by atoms with Crippen LogP contribution >= 0.6 is 0 Å². The van der Waals surface area contributed by atoms with Gasteiger partial charge in [0.2, 0.25) is 0 Å². The SMILES string of the molecule is CC(C)NC(=O)COc1cccc(-c2nc(Nc3ccc4c(cnn4COCC[Si](C)(C)C)c3)c3c(F)ccn3n2)c1. The molecular weight excluding hydrogens is 553 g/mol. The van der Waals surface area contributed by atoms with E-state index in [0.29, 0.717) is 36.3 Å². The maximum absolute atomic E-state index is 14.8. The molecule has 0 unspecified atom stereocenters. The zero-order valence-electron chi connectivity index (χ0n) is 24.5. The number of carbonyl (C=O) groups is 1. The Hall–Kier alpha value is -4.29. The van der Waals surface area contributed by atoms with Gasteiger partial charge in [0.1, 0.15) is 18.0 Å². The van der Waals surface area contributed by atoms with E-state index in [-0.39, 0.29) is 24.1 Å². The van der Waals surface area contributed by atoms with E-state index in [4.69, 9.17) is 9.47 Å². The first-order chi connectivity index (χ1) is 20.1. The Morgan fingerprint density at radius 1 is 1.12 bits per heavy atom. The van der Waals surface area contributed by atoms with Crippen LogP contribution in [0.2, 0.25) is 25.7 Å². The Balaban J connectivity index is 1.36. The van der Waals surface area contributed by atoms with Crippen LogP contribution in [0.15, 0.2) is 60.9 Å². The van der Waals surface area contributed by atoms with Crippen molar-refractivity contribution >= 4 is 41.9 Å². The predicted octanol–water partition coefficient (Wildman–Crippen LogP) is 5.84. The molecule has 3 heterocycles. The fraction of sp³-hybridized carbons (Fsp3) is 0.333. The summed E-state index contributed by atoms with van der Waals surface area (Å²) in [6.07, 6.45) is 3.33. The fourth-order valence-electron chi connectivity index (χ4n) is 4.37. The second kappa shape index (κ2) is 12.3. The van der Waals surface area contributed by atoms with Gasteiger partial charge in [-0.05, 0) is 56.3 Å². The highest BCUT2D eigenvalue weighted by atomic mass is 28.3. The van der Waals surface area contributed by atoms with Gasteiger partial charge in [-0.25, -0.2) is 18.6 Å². The minimum atomic E-state index is -1.16. The molecule has 5 rings (SSSR count). The van der Waals surface area contributed by atoms with Crippen LogP contribution < -0.4 is 15.4 Å². The number of nitrogens with zero attached hydrogens (tertiary/aromatic N) is 5. The molecule has 1 amide bonds. The molecule has 0 aliphatic rings. The van der Waals surface area contributed by atoms with Crippen LogP contribution in [0.25, 0.3) is 27.8 Å². The second-order valence-electron chi connectivity index (χ2n) is 11.7. The molecule has 2 aromatic carbocycles. The maximum atomic E-state index is 14.8. The molecule has 3 aromatic heterocycles. The van der Waals surface area contributed by atoms with Crippen LogP contribution in [0.5, 0.6) is 5.75 Å². The van der Waals surface area contributed by atoms with Crippen molar-refractivity contribution in [2.24, 2.45) is 0 Å². The van der Waals surface area contributed by atoms with E-state index in [2.05, 4.69) is 45.5 Å². The highest BCUT2D eigenvalue weighted by molar-refractivity contribution is 6.76. The highest BCUT2D eigenvalue weighted by Gasteiger charge is 2.16. The quantitative estimate of drug-likeness (QED) is 0.139. The van der Waals surface area contributed by atoms with Crippen molar-refractivity contribution in [2.75, 3.05) is 18.5 Å². The van der Waals surface area contributed by atoms with Crippen molar-refractivity contribution in [3.63, 3.8) is 0 Å². The molecule has 0 spiro atoms. The summed E-state index contributed by atoms with van der Waals surface area (Å²) in [6, 6.07) is 15.4. The van der Waals surface area contributed by atoms with Crippen molar-refractivity contribution in [3.8, 4) is 17.1 Å². The lowest BCUT2D eigenvalue weighted by molar-refractivity contribution is -0.123. The van der Waals surface area contributed by atoms with Gasteiger partial charge in [-0.3, -0.25) is 4.79 Å². The largest absolute Gasteiger partial charge is 0.484 e. The third-order valence-electron chi connectivity index (χ3n) is 6.49. The Kier molecular flexibility index (Phi) is 8.55. The van der Waals surface area contributed by atoms with Gasteiger partial charge in [-0.1, -0.05) is 31.8 Å². The Morgan fingerprint density at radius 2 is 1.95 bits per heavy atom. The van der Waals surface area contributed by atoms with E-state index in [1.54, 1.807) is 30.6 Å². The van der Waals surface area contributed by atoms with Crippen molar-refractivity contribution in [1.82, 2.24) is 29.7 Å². The number of hydrogen-bond acceptors (Lipinski definition) is 7. The van der Waals surface area contributed by atoms with Crippen molar-refractivity contribution in [3.05, 3.63) is 66.7 Å². The smallest absolute Gasteiger partial charge is 0.258 e. The van der Waals surface area contributed by atoms with E-state index in [1.165, 1.54) is 10.6 Å². The lowest BCUT2D eigenvalue weighted by Crippen LogP contribution is -2.34. The maximum Gasteiger partial charge on any atom is 0.258 e. The third kappa shape index (κ3) is 7.12. The number of carbonyl (C=O) groups excluding carboxylic acids is 1. The molecule has 0 bridgehead atoms. The van der Waals surface area contributed by atoms with Gasteiger partial charge in [0, 0.05) is 43.6 Å². The Morgan fingerprint density at radius 3 is 2.74 bits per heavy atom. The molecule has 0 saturated heterocycles. The monoisotopic (exact) mass is 589 g/mol. The van der Waals surface area contributed by atoms with Gasteiger partial charge in [-0.2, -0.15) is 5.10 Å². The first-order valence-corrected chi connectivity index (χ1v) is 17.6. The van der Waals surface area contributed by atoms with Gasteiger partial charge < -0.3 is 20.1 Å². The summed E-state index contributed by atoms with van der Waals surface area (Å²) < 4.78 is 29.7. The van der Waals surface area contributed by atoms with E-state index in [1.807, 2.05) is 42.8 Å². The number of aromatic nitrogens is 5. The molecule has 2 N–H and O–H groups in total. The summed E-state index contributed by atoms with van der Waals surface area (Å²) in [5, 5.41) is 16.0. The number of hydrogen-bond donors (Lipinski definition) is 2. The summed E-state index contributed by atoms with van der Waals surface area (Å²) >= 11 is 0. The van der Waals surface area contributed by atoms with Gasteiger partial charge >= 0.3 is 0 Å². The number of nitrogens with one attached hydrogen (secondary N) is 2. The summed E-state index contributed by atoms with van der Waals surface area (Å²) in [4.78, 5) is 16.7. The Labute approximate surface area is 244 Å². The second-order valence-corrected chi connectivity index (χ2v) is 17.3. The first kappa shape index (κ1) is 29.2. The fourth-order valence-corrected chi connectivity index (χ4v) is 5.12. The number of fused-ring (bicyclic) bond motifs is 2. The van der Waals surface area contributed by atoms with Crippen molar-refractivity contribution < 1.29 is 18.7 Å². The zero-order valence-corrected chi connectivity index (χ0v) is 25.5. The average Bonchev–Trinajstić information content (AvgIpc) is 3.52. The highest BCUT2D eigenvalue weighted by Crippen LogP contribution is 2.29. The molecule has 0 atom stereocenters. The Bertz CT molecular complexity index is 1710. The van der Waals surface area contributed by atoms with Crippen molar-refractivity contribution in [2.45, 2.75) is 52.3 Å². The number of benzene rings is 2. The van der Waals surface area contributed by atoms with Crippen LogP contribution in [-0.4, -0.2) is 57.6 Å². The number of ether oxygens (including phenoxy) is 2. The van der Waals surface area contributed by atoms with E-state index in [9.17, 15) is 9.18 Å². The van der Waals surface area contributed by atoms with Gasteiger partial charge in [0.15, 0.2) is 24.1 Å². The van der Waals surface area contributed by atoms with Crippen LogP contribution in [0, 0.1) is 5.82 Å². The molecule has 5 aromatic rings. The van der Waals surface area contributed by atoms with E-state index < -0.39 is 13.9 Å². The number of halogens is 1. The zero-order chi connectivity index (χ0) is 29.9. The average molecular weight is 590 g/mol. The lowest BCUT2D eigenvalue weighted by Gasteiger charge is -2.15. The number of rotatable bonds is 12. The molecule has 0 fully saturated rings. The van der Waals surface area contributed by atoms with Crippen LogP contribution in [0.3, 0.4) is 0 Å². The standard InChI is InChI=1S/C30H36FN7O3Si/c1-20(2)33-27(39)18-41-24-8-6-7-21(16-24)29-35-30(28-25(31)11-12-37(28)36-29)34-23-9-10-26-22(15-23)17-32-38(26)19-40-13-14-42(3,4)5/h6-12,15-17,20H,13-14,18-19H2,1-5H3,(H,33,39)(H,34,35,36). The molecule has 0 saturated carbocycles. The van der Waals surface area contributed by atoms with Crippen LogP contribution in [-0.2, 0) is 16.3 Å².